The zero-order valence-electron chi connectivity index (χ0n) is 15.0. The number of hydrogen-bond donors (Lipinski definition) is 1. The van der Waals surface area contributed by atoms with E-state index in [0.29, 0.717) is 25.2 Å². The number of para-hydroxylation sites is 1. The van der Waals surface area contributed by atoms with Crippen molar-refractivity contribution in [2.24, 2.45) is 0 Å². The van der Waals surface area contributed by atoms with E-state index in [1.54, 1.807) is 6.07 Å². The minimum absolute atomic E-state index is 0.201. The summed E-state index contributed by atoms with van der Waals surface area (Å²) in [4.78, 5) is 30.7. The highest BCUT2D eigenvalue weighted by Gasteiger charge is 2.21. The second kappa shape index (κ2) is 7.58. The molecule has 5 nitrogen and oxygen atoms in total. The van der Waals surface area contributed by atoms with Gasteiger partial charge in [-0.1, -0.05) is 48.5 Å². The van der Waals surface area contributed by atoms with E-state index in [9.17, 15) is 9.59 Å². The number of rotatable bonds is 5. The van der Waals surface area contributed by atoms with Crippen LogP contribution in [0.5, 0.6) is 0 Å². The van der Waals surface area contributed by atoms with Crippen LogP contribution in [0.25, 0.3) is 10.9 Å². The molecule has 5 heteroatoms. The van der Waals surface area contributed by atoms with E-state index in [1.807, 2.05) is 59.5 Å². The molecule has 0 saturated carbocycles. The van der Waals surface area contributed by atoms with Crippen LogP contribution in [0.3, 0.4) is 0 Å². The van der Waals surface area contributed by atoms with Gasteiger partial charge in [-0.2, -0.15) is 0 Å². The molecule has 2 heterocycles. The fourth-order valence-corrected chi connectivity index (χ4v) is 3.42. The summed E-state index contributed by atoms with van der Waals surface area (Å²) in [6, 6.07) is 19.3. The lowest BCUT2D eigenvalue weighted by atomic mass is 10.1. The van der Waals surface area contributed by atoms with Crippen LogP contribution in [0.1, 0.15) is 34.5 Å². The van der Waals surface area contributed by atoms with Crippen molar-refractivity contribution in [3.63, 3.8) is 0 Å². The van der Waals surface area contributed by atoms with E-state index >= 15 is 0 Å². The first kappa shape index (κ1) is 17.2. The highest BCUT2D eigenvalue weighted by Crippen LogP contribution is 2.17. The number of nitrogens with zero attached hydrogens (tertiary/aromatic N) is 2. The minimum atomic E-state index is -0.201. The normalized spacial score (nSPS) is 13.9. The molecule has 4 rings (SSSR count). The number of hydrogen-bond acceptors (Lipinski definition) is 3. The minimum Gasteiger partial charge on any atom is -0.347 e. The van der Waals surface area contributed by atoms with Crippen molar-refractivity contribution < 1.29 is 9.59 Å². The van der Waals surface area contributed by atoms with Crippen molar-refractivity contribution in [2.45, 2.75) is 25.9 Å². The van der Waals surface area contributed by atoms with Crippen LogP contribution in [-0.2, 0) is 17.9 Å². The van der Waals surface area contributed by atoms with E-state index in [2.05, 4.69) is 10.3 Å². The van der Waals surface area contributed by atoms with Gasteiger partial charge in [-0.15, -0.1) is 0 Å². The van der Waals surface area contributed by atoms with Gasteiger partial charge in [-0.25, -0.2) is 4.98 Å². The molecule has 2 aromatic carbocycles. The Morgan fingerprint density at radius 3 is 2.59 bits per heavy atom. The Kier molecular flexibility index (Phi) is 4.83. The molecule has 2 amide bonds. The van der Waals surface area contributed by atoms with Crippen LogP contribution in [-0.4, -0.2) is 28.2 Å². The molecule has 1 fully saturated rings. The molecule has 0 bridgehead atoms. The molecular weight excluding hydrogens is 338 g/mol. The molecule has 1 N–H and O–H groups in total. The SMILES string of the molecule is O=C(NCc1ccccc1CN1CCCC1=O)c1ccc2ccccc2n1. The lowest BCUT2D eigenvalue weighted by Crippen LogP contribution is -2.27. The molecule has 3 aromatic rings. The largest absolute Gasteiger partial charge is 0.347 e. The topological polar surface area (TPSA) is 62.3 Å². The van der Waals surface area contributed by atoms with Crippen molar-refractivity contribution in [1.29, 1.82) is 0 Å². The predicted octanol–water partition coefficient (Wildman–Crippen LogP) is 3.29. The lowest BCUT2D eigenvalue weighted by molar-refractivity contribution is -0.128. The molecule has 0 spiro atoms. The average Bonchev–Trinajstić information content (AvgIpc) is 3.11. The van der Waals surface area contributed by atoms with Crippen LogP contribution in [0.4, 0.5) is 0 Å². The third kappa shape index (κ3) is 3.82. The van der Waals surface area contributed by atoms with E-state index in [-0.39, 0.29) is 11.8 Å². The highest BCUT2D eigenvalue weighted by atomic mass is 16.2. The summed E-state index contributed by atoms with van der Waals surface area (Å²) in [7, 11) is 0. The first-order valence-corrected chi connectivity index (χ1v) is 9.19. The molecule has 0 atom stereocenters. The van der Waals surface area contributed by atoms with Crippen LogP contribution in [0.15, 0.2) is 60.7 Å². The predicted molar refractivity (Wildman–Crippen MR) is 104 cm³/mol. The number of nitrogens with one attached hydrogen (secondary N) is 1. The number of amides is 2. The summed E-state index contributed by atoms with van der Waals surface area (Å²) >= 11 is 0. The van der Waals surface area contributed by atoms with Gasteiger partial charge in [-0.05, 0) is 29.7 Å². The summed E-state index contributed by atoms with van der Waals surface area (Å²) < 4.78 is 0. The van der Waals surface area contributed by atoms with E-state index < -0.39 is 0 Å². The van der Waals surface area contributed by atoms with Gasteiger partial charge in [0.25, 0.3) is 5.91 Å². The van der Waals surface area contributed by atoms with Gasteiger partial charge in [0, 0.05) is 31.4 Å². The number of benzene rings is 2. The van der Waals surface area contributed by atoms with E-state index in [0.717, 1.165) is 35.0 Å². The Balaban J connectivity index is 1.46. The molecule has 0 unspecified atom stereocenters. The van der Waals surface area contributed by atoms with Crippen molar-refractivity contribution in [2.75, 3.05) is 6.54 Å². The third-order valence-electron chi connectivity index (χ3n) is 4.92. The van der Waals surface area contributed by atoms with Crippen LogP contribution < -0.4 is 5.32 Å². The van der Waals surface area contributed by atoms with Gasteiger partial charge in [-0.3, -0.25) is 9.59 Å². The van der Waals surface area contributed by atoms with Gasteiger partial charge in [0.2, 0.25) is 5.91 Å². The van der Waals surface area contributed by atoms with Crippen molar-refractivity contribution in [3.8, 4) is 0 Å². The molecule has 27 heavy (non-hydrogen) atoms. The number of carbonyl (C=O) groups is 2. The summed E-state index contributed by atoms with van der Waals surface area (Å²) in [6.07, 6.45) is 1.55. The highest BCUT2D eigenvalue weighted by molar-refractivity contribution is 5.94. The van der Waals surface area contributed by atoms with E-state index in [1.165, 1.54) is 0 Å². The van der Waals surface area contributed by atoms with Gasteiger partial charge < -0.3 is 10.2 Å². The third-order valence-corrected chi connectivity index (χ3v) is 4.92. The van der Waals surface area contributed by atoms with Gasteiger partial charge in [0.15, 0.2) is 0 Å². The van der Waals surface area contributed by atoms with Crippen LogP contribution >= 0.6 is 0 Å². The fourth-order valence-electron chi connectivity index (χ4n) is 3.42. The van der Waals surface area contributed by atoms with Crippen molar-refractivity contribution >= 4 is 22.7 Å². The fraction of sp³-hybridized carbons (Fsp3) is 0.227. The Hall–Kier alpha value is -3.21. The number of pyridine rings is 1. The Bertz CT molecular complexity index is 1000. The molecule has 0 aliphatic carbocycles. The number of likely N-dealkylation sites (tertiary alicyclic amines) is 1. The van der Waals surface area contributed by atoms with Crippen molar-refractivity contribution in [3.05, 3.63) is 77.5 Å². The second-order valence-corrected chi connectivity index (χ2v) is 6.76. The standard InChI is InChI=1S/C22H21N3O2/c26-21-10-5-13-25(21)15-18-8-2-1-7-17(18)14-23-22(27)20-12-11-16-6-3-4-9-19(16)24-20/h1-4,6-9,11-12H,5,10,13-15H2,(H,23,27). The molecule has 1 aromatic heterocycles. The van der Waals surface area contributed by atoms with Gasteiger partial charge >= 0.3 is 0 Å². The molecule has 1 aliphatic rings. The zero-order chi connectivity index (χ0) is 18.6. The van der Waals surface area contributed by atoms with Gasteiger partial charge in [0.05, 0.1) is 5.52 Å². The molecule has 1 saturated heterocycles. The van der Waals surface area contributed by atoms with Gasteiger partial charge in [0.1, 0.15) is 5.69 Å². The number of carbonyl (C=O) groups excluding carboxylic acids is 2. The summed E-state index contributed by atoms with van der Waals surface area (Å²) in [5.74, 6) is 0.00186. The van der Waals surface area contributed by atoms with Crippen LogP contribution in [0, 0.1) is 0 Å². The number of aromatic nitrogens is 1. The molecule has 136 valence electrons. The monoisotopic (exact) mass is 359 g/mol. The Labute approximate surface area is 158 Å². The summed E-state index contributed by atoms with van der Waals surface area (Å²) in [6.45, 7) is 1.81. The smallest absolute Gasteiger partial charge is 0.270 e. The molecule has 0 radical (unpaired) electrons. The van der Waals surface area contributed by atoms with Crippen LogP contribution in [0.2, 0.25) is 0 Å². The second-order valence-electron chi connectivity index (χ2n) is 6.76. The first-order chi connectivity index (χ1) is 13.2. The first-order valence-electron chi connectivity index (χ1n) is 9.19. The number of fused-ring (bicyclic) bond motifs is 1. The molecule has 1 aliphatic heterocycles. The maximum absolute atomic E-state index is 12.5. The quantitative estimate of drug-likeness (QED) is 0.760. The Morgan fingerprint density at radius 1 is 1.00 bits per heavy atom. The average molecular weight is 359 g/mol. The summed E-state index contributed by atoms with van der Waals surface area (Å²) in [5, 5.41) is 3.96. The van der Waals surface area contributed by atoms with Crippen molar-refractivity contribution in [1.82, 2.24) is 15.2 Å². The Morgan fingerprint density at radius 2 is 1.78 bits per heavy atom. The maximum Gasteiger partial charge on any atom is 0.270 e. The molecular formula is C22H21N3O2. The summed E-state index contributed by atoms with van der Waals surface area (Å²) in [5.41, 5.74) is 3.30. The lowest BCUT2D eigenvalue weighted by Gasteiger charge is -2.18. The van der Waals surface area contributed by atoms with E-state index in [4.69, 9.17) is 0 Å². The maximum atomic E-state index is 12.5. The zero-order valence-corrected chi connectivity index (χ0v) is 15.0.